The number of fused-ring (bicyclic) bond motifs is 1. The maximum atomic E-state index is 12.7. The first-order chi connectivity index (χ1) is 12.6. The third kappa shape index (κ3) is 2.98. The van der Waals surface area contributed by atoms with E-state index in [0.29, 0.717) is 11.6 Å². The van der Waals surface area contributed by atoms with Gasteiger partial charge in [0.2, 0.25) is 5.91 Å². The molecular weight excluding hydrogens is 332 g/mol. The molecule has 3 aromatic rings. The van der Waals surface area contributed by atoms with Crippen molar-refractivity contribution in [3.63, 3.8) is 0 Å². The first-order valence-corrected chi connectivity index (χ1v) is 8.77. The molecule has 1 saturated heterocycles. The molecular formula is C18H20N6O2. The Morgan fingerprint density at radius 2 is 1.92 bits per heavy atom. The van der Waals surface area contributed by atoms with Crippen LogP contribution in [0.4, 0.5) is 0 Å². The van der Waals surface area contributed by atoms with Gasteiger partial charge in [-0.25, -0.2) is 4.98 Å². The molecule has 1 aromatic carbocycles. The maximum Gasteiger partial charge on any atom is 0.284 e. The molecule has 4 rings (SSSR count). The lowest BCUT2D eigenvalue weighted by atomic mass is 9.99. The Bertz CT molecular complexity index is 986. The van der Waals surface area contributed by atoms with Gasteiger partial charge >= 0.3 is 0 Å². The number of piperidine rings is 1. The first kappa shape index (κ1) is 16.4. The van der Waals surface area contributed by atoms with E-state index >= 15 is 0 Å². The Labute approximate surface area is 150 Å². The summed E-state index contributed by atoms with van der Waals surface area (Å²) in [5.41, 5.74) is 0.974. The molecule has 26 heavy (non-hydrogen) atoms. The summed E-state index contributed by atoms with van der Waals surface area (Å²) in [4.78, 5) is 31.3. The third-order valence-electron chi connectivity index (χ3n) is 4.87. The Kier molecular flexibility index (Phi) is 4.24. The molecule has 0 spiro atoms. The van der Waals surface area contributed by atoms with Gasteiger partial charge < -0.3 is 4.90 Å². The van der Waals surface area contributed by atoms with Crippen LogP contribution in [0.1, 0.15) is 19.8 Å². The summed E-state index contributed by atoms with van der Waals surface area (Å²) in [7, 11) is 0. The maximum absolute atomic E-state index is 12.7. The van der Waals surface area contributed by atoms with Crippen LogP contribution in [0, 0.1) is 5.92 Å². The smallest absolute Gasteiger partial charge is 0.284 e. The molecule has 1 fully saturated rings. The number of aromatic nitrogens is 5. The highest BCUT2D eigenvalue weighted by Gasteiger charge is 2.21. The zero-order valence-corrected chi connectivity index (χ0v) is 14.6. The number of likely N-dealkylation sites (tertiary alicyclic amines) is 1. The highest BCUT2D eigenvalue weighted by atomic mass is 16.2. The largest absolute Gasteiger partial charge is 0.341 e. The van der Waals surface area contributed by atoms with Crippen molar-refractivity contribution in [2.24, 2.45) is 5.92 Å². The van der Waals surface area contributed by atoms with Crippen LogP contribution < -0.4 is 5.56 Å². The SMILES string of the molecule is CC1CCN(C(=O)Cn2cnc3c(nnn3-c3ccccc3)c2=O)CC1. The predicted octanol–water partition coefficient (Wildman–Crippen LogP) is 1.24. The van der Waals surface area contributed by atoms with E-state index in [2.05, 4.69) is 22.2 Å². The molecule has 0 N–H and O–H groups in total. The molecule has 1 amide bonds. The topological polar surface area (TPSA) is 85.9 Å². The molecule has 1 aliphatic heterocycles. The summed E-state index contributed by atoms with van der Waals surface area (Å²) in [6.45, 7) is 3.66. The van der Waals surface area contributed by atoms with Crippen LogP contribution in [0.5, 0.6) is 0 Å². The molecule has 134 valence electrons. The molecule has 2 aromatic heterocycles. The minimum atomic E-state index is -0.351. The Morgan fingerprint density at radius 3 is 2.65 bits per heavy atom. The standard InChI is InChI=1S/C18H20N6O2/c1-13-7-9-22(10-8-13)15(25)11-23-12-19-17-16(18(23)26)20-21-24(17)14-5-3-2-4-6-14/h2-6,12-13H,7-11H2,1H3. The molecule has 1 aliphatic rings. The van der Waals surface area contributed by atoms with Gasteiger partial charge in [-0.3, -0.25) is 14.2 Å². The average molecular weight is 352 g/mol. The minimum Gasteiger partial charge on any atom is -0.341 e. The number of hydrogen-bond acceptors (Lipinski definition) is 5. The van der Waals surface area contributed by atoms with Crippen molar-refractivity contribution in [2.75, 3.05) is 13.1 Å². The highest BCUT2D eigenvalue weighted by Crippen LogP contribution is 2.16. The van der Waals surface area contributed by atoms with Crippen molar-refractivity contribution in [2.45, 2.75) is 26.3 Å². The normalized spacial score (nSPS) is 15.5. The fourth-order valence-electron chi connectivity index (χ4n) is 3.20. The van der Waals surface area contributed by atoms with Crippen LogP contribution in [0.2, 0.25) is 0 Å². The lowest BCUT2D eigenvalue weighted by Crippen LogP contribution is -2.41. The number of nitrogens with zero attached hydrogens (tertiary/aromatic N) is 6. The average Bonchev–Trinajstić information content (AvgIpc) is 3.10. The van der Waals surface area contributed by atoms with E-state index in [1.54, 1.807) is 0 Å². The fourth-order valence-corrected chi connectivity index (χ4v) is 3.20. The van der Waals surface area contributed by atoms with Gasteiger partial charge in [-0.15, -0.1) is 5.10 Å². The molecule has 0 saturated carbocycles. The summed E-state index contributed by atoms with van der Waals surface area (Å²) in [6.07, 6.45) is 3.41. The number of hydrogen-bond donors (Lipinski definition) is 0. The van der Waals surface area contributed by atoms with Crippen LogP contribution in [0.3, 0.4) is 0 Å². The van der Waals surface area contributed by atoms with E-state index in [9.17, 15) is 9.59 Å². The molecule has 3 heterocycles. The lowest BCUT2D eigenvalue weighted by molar-refractivity contribution is -0.133. The van der Waals surface area contributed by atoms with Gasteiger partial charge in [0.1, 0.15) is 12.9 Å². The summed E-state index contributed by atoms with van der Waals surface area (Å²) in [5.74, 6) is 0.586. The monoisotopic (exact) mass is 352 g/mol. The van der Waals surface area contributed by atoms with Crippen LogP contribution in [-0.4, -0.2) is 48.4 Å². The van der Waals surface area contributed by atoms with E-state index in [1.807, 2.05) is 35.2 Å². The minimum absolute atomic E-state index is 0.0195. The van der Waals surface area contributed by atoms with Crippen molar-refractivity contribution in [3.05, 3.63) is 47.0 Å². The van der Waals surface area contributed by atoms with Crippen molar-refractivity contribution in [1.82, 2.24) is 29.4 Å². The molecule has 0 atom stereocenters. The van der Waals surface area contributed by atoms with Crippen molar-refractivity contribution < 1.29 is 4.79 Å². The summed E-state index contributed by atoms with van der Waals surface area (Å²) in [5, 5.41) is 8.02. The van der Waals surface area contributed by atoms with Gasteiger partial charge in [-0.1, -0.05) is 30.3 Å². The molecule has 8 nitrogen and oxygen atoms in total. The van der Waals surface area contributed by atoms with Crippen LogP contribution in [-0.2, 0) is 11.3 Å². The van der Waals surface area contributed by atoms with E-state index in [0.717, 1.165) is 31.6 Å². The Balaban J connectivity index is 1.61. The summed E-state index contributed by atoms with van der Waals surface area (Å²) in [6, 6.07) is 9.38. The van der Waals surface area contributed by atoms with Gasteiger partial charge in [0.05, 0.1) is 5.69 Å². The molecule has 0 radical (unpaired) electrons. The Morgan fingerprint density at radius 1 is 1.19 bits per heavy atom. The molecule has 8 heteroatoms. The van der Waals surface area contributed by atoms with Crippen molar-refractivity contribution >= 4 is 17.1 Å². The lowest BCUT2D eigenvalue weighted by Gasteiger charge is -2.30. The number of rotatable bonds is 3. The molecule has 0 aliphatic carbocycles. The van der Waals surface area contributed by atoms with Crippen molar-refractivity contribution in [1.29, 1.82) is 0 Å². The number of para-hydroxylation sites is 1. The second kappa shape index (κ2) is 6.70. The van der Waals surface area contributed by atoms with Gasteiger partial charge in [0, 0.05) is 13.1 Å². The quantitative estimate of drug-likeness (QED) is 0.708. The second-order valence-electron chi connectivity index (χ2n) is 6.75. The predicted molar refractivity (Wildman–Crippen MR) is 95.9 cm³/mol. The number of benzene rings is 1. The van der Waals surface area contributed by atoms with E-state index in [-0.39, 0.29) is 23.5 Å². The molecule has 0 bridgehead atoms. The van der Waals surface area contributed by atoms with E-state index in [1.165, 1.54) is 15.6 Å². The number of carbonyl (C=O) groups excluding carboxylic acids is 1. The molecule has 0 unspecified atom stereocenters. The van der Waals surface area contributed by atoms with Crippen molar-refractivity contribution in [3.8, 4) is 5.69 Å². The first-order valence-electron chi connectivity index (χ1n) is 8.77. The summed E-state index contributed by atoms with van der Waals surface area (Å²) >= 11 is 0. The van der Waals surface area contributed by atoms with E-state index in [4.69, 9.17) is 0 Å². The van der Waals surface area contributed by atoms with Gasteiger partial charge in [-0.2, -0.15) is 4.68 Å². The number of amides is 1. The van der Waals surface area contributed by atoms with Crippen LogP contribution in [0.15, 0.2) is 41.5 Å². The summed E-state index contributed by atoms with van der Waals surface area (Å²) < 4.78 is 2.83. The Hall–Kier alpha value is -3.03. The van der Waals surface area contributed by atoms with Gasteiger partial charge in [0.15, 0.2) is 11.2 Å². The zero-order chi connectivity index (χ0) is 18.1. The van der Waals surface area contributed by atoms with Crippen LogP contribution >= 0.6 is 0 Å². The second-order valence-corrected chi connectivity index (χ2v) is 6.75. The van der Waals surface area contributed by atoms with Crippen LogP contribution in [0.25, 0.3) is 16.9 Å². The number of carbonyl (C=O) groups is 1. The zero-order valence-electron chi connectivity index (χ0n) is 14.6. The van der Waals surface area contributed by atoms with Gasteiger partial charge in [0.25, 0.3) is 5.56 Å². The fraction of sp³-hybridized carbons (Fsp3) is 0.389. The van der Waals surface area contributed by atoms with E-state index < -0.39 is 0 Å². The van der Waals surface area contributed by atoms with Gasteiger partial charge in [-0.05, 0) is 30.9 Å². The highest BCUT2D eigenvalue weighted by molar-refractivity contribution is 5.77. The third-order valence-corrected chi connectivity index (χ3v) is 4.87.